The molecule has 7 heteroatoms. The first kappa shape index (κ1) is 14.3. The highest BCUT2D eigenvalue weighted by Gasteiger charge is 2.28. The summed E-state index contributed by atoms with van der Waals surface area (Å²) in [5.74, 6) is 1.06. The van der Waals surface area contributed by atoms with E-state index in [2.05, 4.69) is 29.6 Å². The van der Waals surface area contributed by atoms with Crippen molar-refractivity contribution in [3.8, 4) is 10.7 Å². The van der Waals surface area contributed by atoms with Gasteiger partial charge in [-0.15, -0.1) is 10.2 Å². The fourth-order valence-electron chi connectivity index (χ4n) is 3.03. The molecule has 23 heavy (non-hydrogen) atoms. The molecule has 118 valence electrons. The van der Waals surface area contributed by atoms with Crippen molar-refractivity contribution in [1.29, 1.82) is 0 Å². The first-order valence-corrected chi connectivity index (χ1v) is 8.62. The number of aromatic nitrogens is 5. The molecule has 0 aromatic carbocycles. The Hall–Kier alpha value is -2.28. The zero-order chi connectivity index (χ0) is 15.6. The van der Waals surface area contributed by atoms with E-state index in [9.17, 15) is 0 Å². The van der Waals surface area contributed by atoms with Gasteiger partial charge < -0.3 is 9.47 Å². The van der Waals surface area contributed by atoms with Crippen LogP contribution in [-0.4, -0.2) is 37.3 Å². The summed E-state index contributed by atoms with van der Waals surface area (Å²) in [4.78, 5) is 11.0. The van der Waals surface area contributed by atoms with Gasteiger partial charge in [0.1, 0.15) is 11.5 Å². The zero-order valence-corrected chi connectivity index (χ0v) is 13.8. The average Bonchev–Trinajstić information content (AvgIpc) is 3.30. The van der Waals surface area contributed by atoms with Crippen LogP contribution < -0.4 is 4.90 Å². The maximum atomic E-state index is 4.41. The van der Waals surface area contributed by atoms with E-state index in [0.717, 1.165) is 34.7 Å². The van der Waals surface area contributed by atoms with Crippen molar-refractivity contribution in [3.63, 3.8) is 0 Å². The summed E-state index contributed by atoms with van der Waals surface area (Å²) in [5, 5.41) is 10.6. The number of hydrogen-bond donors (Lipinski definition) is 0. The third-order valence-electron chi connectivity index (χ3n) is 4.25. The molecule has 6 nitrogen and oxygen atoms in total. The first-order valence-electron chi connectivity index (χ1n) is 7.80. The molecule has 1 aliphatic rings. The molecule has 1 atom stereocenters. The maximum absolute atomic E-state index is 4.41. The second-order valence-corrected chi connectivity index (χ2v) is 6.68. The highest BCUT2D eigenvalue weighted by atomic mass is 32.1. The van der Waals surface area contributed by atoms with Crippen LogP contribution in [-0.2, 0) is 6.54 Å². The summed E-state index contributed by atoms with van der Waals surface area (Å²) < 4.78 is 2.21. The molecule has 0 saturated carbocycles. The number of nitrogens with zero attached hydrogens (tertiary/aromatic N) is 6. The molecule has 0 bridgehead atoms. The van der Waals surface area contributed by atoms with Gasteiger partial charge in [-0.25, -0.2) is 4.98 Å². The molecule has 0 amide bonds. The van der Waals surface area contributed by atoms with Crippen LogP contribution in [0.5, 0.6) is 0 Å². The summed E-state index contributed by atoms with van der Waals surface area (Å²) in [7, 11) is 0. The summed E-state index contributed by atoms with van der Waals surface area (Å²) in [6.07, 6.45) is 8.06. The first-order chi connectivity index (χ1) is 11.3. The van der Waals surface area contributed by atoms with Gasteiger partial charge in [0.05, 0.1) is 0 Å². The number of pyridine rings is 1. The number of rotatable bonds is 4. The molecule has 0 radical (unpaired) electrons. The van der Waals surface area contributed by atoms with E-state index < -0.39 is 0 Å². The van der Waals surface area contributed by atoms with Crippen molar-refractivity contribution >= 4 is 16.5 Å². The Kier molecular flexibility index (Phi) is 3.78. The fourth-order valence-corrected chi connectivity index (χ4v) is 3.94. The van der Waals surface area contributed by atoms with Gasteiger partial charge in [-0.05, 0) is 31.9 Å². The van der Waals surface area contributed by atoms with Gasteiger partial charge in [0, 0.05) is 37.7 Å². The number of imidazole rings is 1. The normalized spacial score (nSPS) is 17.8. The standard InChI is InChI=1S/C16H18N6S/c1-12-17-8-10-21(12)11-13-5-4-9-22(13)16-20-19-15(23-16)14-6-2-3-7-18-14/h2-3,6-8,10,13H,4-5,9,11H2,1H3/t13-/m0/s1. The molecule has 0 N–H and O–H groups in total. The van der Waals surface area contributed by atoms with E-state index in [4.69, 9.17) is 0 Å². The topological polar surface area (TPSA) is 59.7 Å². The van der Waals surface area contributed by atoms with Crippen molar-refractivity contribution < 1.29 is 0 Å². The number of aryl methyl sites for hydroxylation is 1. The quantitative estimate of drug-likeness (QED) is 0.738. The largest absolute Gasteiger partial charge is 0.342 e. The summed E-state index contributed by atoms with van der Waals surface area (Å²) in [6, 6.07) is 6.31. The van der Waals surface area contributed by atoms with Gasteiger partial charge in [-0.1, -0.05) is 17.4 Å². The van der Waals surface area contributed by atoms with Gasteiger partial charge in [-0.3, -0.25) is 4.98 Å². The number of anilines is 1. The summed E-state index contributed by atoms with van der Waals surface area (Å²) in [6.45, 7) is 4.03. The van der Waals surface area contributed by atoms with Crippen molar-refractivity contribution in [2.24, 2.45) is 0 Å². The van der Waals surface area contributed by atoms with Gasteiger partial charge in [-0.2, -0.15) is 0 Å². The Bertz CT molecular complexity index is 781. The van der Waals surface area contributed by atoms with Crippen LogP contribution in [0, 0.1) is 6.92 Å². The van der Waals surface area contributed by atoms with E-state index in [-0.39, 0.29) is 0 Å². The van der Waals surface area contributed by atoms with Gasteiger partial charge in [0.2, 0.25) is 5.13 Å². The van der Waals surface area contributed by atoms with Crippen molar-refractivity contribution in [1.82, 2.24) is 24.7 Å². The molecule has 1 aliphatic heterocycles. The van der Waals surface area contributed by atoms with E-state index in [1.807, 2.05) is 37.5 Å². The maximum Gasteiger partial charge on any atom is 0.208 e. The lowest BCUT2D eigenvalue weighted by Crippen LogP contribution is -2.33. The van der Waals surface area contributed by atoms with Crippen LogP contribution in [0.1, 0.15) is 18.7 Å². The second-order valence-electron chi connectivity index (χ2n) is 5.72. The van der Waals surface area contributed by atoms with Gasteiger partial charge in [0.25, 0.3) is 0 Å². The zero-order valence-electron chi connectivity index (χ0n) is 13.0. The van der Waals surface area contributed by atoms with Crippen LogP contribution in [0.15, 0.2) is 36.8 Å². The third-order valence-corrected chi connectivity index (χ3v) is 5.24. The van der Waals surface area contributed by atoms with Crippen LogP contribution >= 0.6 is 11.3 Å². The predicted octanol–water partition coefficient (Wildman–Crippen LogP) is 2.77. The molecule has 3 aromatic rings. The highest BCUT2D eigenvalue weighted by Crippen LogP contribution is 2.32. The molecule has 4 heterocycles. The minimum Gasteiger partial charge on any atom is -0.342 e. The Labute approximate surface area is 138 Å². The minimum atomic E-state index is 0.451. The van der Waals surface area contributed by atoms with Crippen molar-refractivity contribution in [2.45, 2.75) is 32.4 Å². The summed E-state index contributed by atoms with van der Waals surface area (Å²) >= 11 is 1.62. The Morgan fingerprint density at radius 1 is 1.22 bits per heavy atom. The average molecular weight is 326 g/mol. The van der Waals surface area contributed by atoms with E-state index >= 15 is 0 Å². The Balaban J connectivity index is 1.55. The SMILES string of the molecule is Cc1nccn1C[C@@H]1CCCN1c1nnc(-c2ccccn2)s1. The monoisotopic (exact) mass is 326 g/mol. The number of hydrogen-bond acceptors (Lipinski definition) is 6. The molecular weight excluding hydrogens is 308 g/mol. The van der Waals surface area contributed by atoms with Gasteiger partial charge in [0.15, 0.2) is 5.01 Å². The fraction of sp³-hybridized carbons (Fsp3) is 0.375. The van der Waals surface area contributed by atoms with Crippen molar-refractivity contribution in [2.75, 3.05) is 11.4 Å². The Morgan fingerprint density at radius 2 is 2.17 bits per heavy atom. The van der Waals surface area contributed by atoms with E-state index in [1.165, 1.54) is 12.8 Å². The highest BCUT2D eigenvalue weighted by molar-refractivity contribution is 7.18. The van der Waals surface area contributed by atoms with Crippen LogP contribution in [0.3, 0.4) is 0 Å². The van der Waals surface area contributed by atoms with Crippen LogP contribution in [0.2, 0.25) is 0 Å². The lowest BCUT2D eigenvalue weighted by Gasteiger charge is -2.24. The molecule has 4 rings (SSSR count). The van der Waals surface area contributed by atoms with Crippen molar-refractivity contribution in [3.05, 3.63) is 42.6 Å². The lowest BCUT2D eigenvalue weighted by atomic mass is 10.2. The molecule has 0 unspecified atom stereocenters. The minimum absolute atomic E-state index is 0.451. The van der Waals surface area contributed by atoms with Gasteiger partial charge >= 0.3 is 0 Å². The molecule has 0 spiro atoms. The molecule has 1 fully saturated rings. The summed E-state index contributed by atoms with van der Waals surface area (Å²) in [5.41, 5.74) is 0.887. The Morgan fingerprint density at radius 3 is 2.96 bits per heavy atom. The van der Waals surface area contributed by atoms with E-state index in [0.29, 0.717) is 6.04 Å². The second kappa shape index (κ2) is 6.08. The molecule has 3 aromatic heterocycles. The smallest absolute Gasteiger partial charge is 0.208 e. The molecule has 1 saturated heterocycles. The van der Waals surface area contributed by atoms with Crippen LogP contribution in [0.25, 0.3) is 10.7 Å². The third kappa shape index (κ3) is 2.84. The molecule has 0 aliphatic carbocycles. The lowest BCUT2D eigenvalue weighted by molar-refractivity contribution is 0.539. The van der Waals surface area contributed by atoms with Crippen LogP contribution in [0.4, 0.5) is 5.13 Å². The van der Waals surface area contributed by atoms with E-state index in [1.54, 1.807) is 17.5 Å². The predicted molar refractivity (Wildman–Crippen MR) is 90.5 cm³/mol. The molecular formula is C16H18N6S.